The van der Waals surface area contributed by atoms with Gasteiger partial charge in [-0.1, -0.05) is 48.5 Å². The smallest absolute Gasteiger partial charge is 0.185 e. The maximum Gasteiger partial charge on any atom is 0.185 e. The second-order valence-electron chi connectivity index (χ2n) is 4.80. The number of ketones is 1. The van der Waals surface area contributed by atoms with Crippen molar-refractivity contribution in [2.45, 2.75) is 0 Å². The summed E-state index contributed by atoms with van der Waals surface area (Å²) in [6.45, 7) is 0.728. The van der Waals surface area contributed by atoms with Gasteiger partial charge in [0.05, 0.1) is 6.61 Å². The summed E-state index contributed by atoms with van der Waals surface area (Å²) in [6.07, 6.45) is 3.40. The molecule has 0 atom stereocenters. The number of benzene rings is 2. The summed E-state index contributed by atoms with van der Waals surface area (Å²) in [6, 6.07) is 17.1. The van der Waals surface area contributed by atoms with Gasteiger partial charge in [-0.15, -0.1) is 0 Å². The highest BCUT2D eigenvalue weighted by atomic mass is 16.3. The number of hydrogen-bond acceptors (Lipinski definition) is 3. The van der Waals surface area contributed by atoms with Crippen LogP contribution in [0, 0.1) is 0 Å². The maximum absolute atomic E-state index is 12.0. The largest absolute Gasteiger partial charge is 0.395 e. The third-order valence-corrected chi connectivity index (χ3v) is 3.25. The van der Waals surface area contributed by atoms with Crippen molar-refractivity contribution in [2.24, 2.45) is 0 Å². The fourth-order valence-electron chi connectivity index (χ4n) is 1.99. The first-order chi connectivity index (χ1) is 10.2. The van der Waals surface area contributed by atoms with Crippen LogP contribution in [0.25, 0.3) is 6.08 Å². The first kappa shape index (κ1) is 15.0. The Kier molecular flexibility index (Phi) is 5.29. The predicted molar refractivity (Wildman–Crippen MR) is 86.6 cm³/mol. The highest BCUT2D eigenvalue weighted by Gasteiger charge is 2.01. The minimum Gasteiger partial charge on any atom is -0.395 e. The highest BCUT2D eigenvalue weighted by Crippen LogP contribution is 2.14. The van der Waals surface area contributed by atoms with E-state index in [1.165, 1.54) is 0 Å². The van der Waals surface area contributed by atoms with Crippen molar-refractivity contribution in [1.82, 2.24) is 0 Å². The fraction of sp³-hybridized carbons (Fsp3) is 0.167. The molecule has 2 aromatic rings. The third-order valence-electron chi connectivity index (χ3n) is 3.25. The number of hydrogen-bond donors (Lipinski definition) is 1. The monoisotopic (exact) mass is 281 g/mol. The lowest BCUT2D eigenvalue weighted by Crippen LogP contribution is -2.20. The van der Waals surface area contributed by atoms with Crippen molar-refractivity contribution in [3.63, 3.8) is 0 Å². The molecule has 1 N–H and O–H groups in total. The van der Waals surface area contributed by atoms with Gasteiger partial charge in [0, 0.05) is 24.8 Å². The molecule has 0 radical (unpaired) electrons. The molecule has 21 heavy (non-hydrogen) atoms. The van der Waals surface area contributed by atoms with E-state index in [-0.39, 0.29) is 12.4 Å². The van der Waals surface area contributed by atoms with Crippen LogP contribution in [0.4, 0.5) is 5.69 Å². The van der Waals surface area contributed by atoms with E-state index in [9.17, 15) is 4.79 Å². The summed E-state index contributed by atoms with van der Waals surface area (Å²) in [7, 11) is 1.93. The zero-order valence-corrected chi connectivity index (χ0v) is 12.1. The molecule has 0 heterocycles. The van der Waals surface area contributed by atoms with Gasteiger partial charge in [-0.05, 0) is 23.8 Å². The van der Waals surface area contributed by atoms with E-state index < -0.39 is 0 Å². The normalized spacial score (nSPS) is 10.8. The molecule has 0 spiro atoms. The minimum absolute atomic E-state index is 0.00271. The summed E-state index contributed by atoms with van der Waals surface area (Å²) in [5.41, 5.74) is 2.70. The molecule has 0 aliphatic heterocycles. The van der Waals surface area contributed by atoms with Crippen LogP contribution in [0.15, 0.2) is 60.7 Å². The Morgan fingerprint density at radius 3 is 2.38 bits per heavy atom. The second-order valence-corrected chi connectivity index (χ2v) is 4.80. The molecule has 3 heteroatoms. The maximum atomic E-state index is 12.0. The number of carbonyl (C=O) groups excluding carboxylic acids is 1. The van der Waals surface area contributed by atoms with Crippen molar-refractivity contribution in [3.8, 4) is 0 Å². The predicted octanol–water partition coefficient (Wildman–Crippen LogP) is 3.01. The highest BCUT2D eigenvalue weighted by molar-refractivity contribution is 6.06. The van der Waals surface area contributed by atoms with Crippen LogP contribution in [-0.4, -0.2) is 31.1 Å². The molecular formula is C18H19NO2. The summed E-state index contributed by atoms with van der Waals surface area (Å²) >= 11 is 0. The van der Waals surface area contributed by atoms with Crippen LogP contribution >= 0.6 is 0 Å². The van der Waals surface area contributed by atoms with Crippen molar-refractivity contribution in [3.05, 3.63) is 71.8 Å². The van der Waals surface area contributed by atoms with Crippen molar-refractivity contribution in [2.75, 3.05) is 25.1 Å². The summed E-state index contributed by atoms with van der Waals surface area (Å²) in [5.74, 6) is -0.00271. The van der Waals surface area contributed by atoms with Crippen LogP contribution in [0.3, 0.4) is 0 Å². The van der Waals surface area contributed by atoms with Crippen LogP contribution in [0.2, 0.25) is 0 Å². The topological polar surface area (TPSA) is 40.5 Å². The van der Waals surface area contributed by atoms with E-state index in [4.69, 9.17) is 5.11 Å². The molecule has 3 nitrogen and oxygen atoms in total. The van der Waals surface area contributed by atoms with Crippen molar-refractivity contribution >= 4 is 17.5 Å². The molecule has 2 aromatic carbocycles. The number of anilines is 1. The third kappa shape index (κ3) is 4.29. The molecule has 0 aromatic heterocycles. The Morgan fingerprint density at radius 2 is 1.76 bits per heavy atom. The van der Waals surface area contributed by atoms with E-state index in [1.54, 1.807) is 18.2 Å². The van der Waals surface area contributed by atoms with Crippen LogP contribution in [0.1, 0.15) is 15.9 Å². The zero-order valence-electron chi connectivity index (χ0n) is 12.1. The van der Waals surface area contributed by atoms with Gasteiger partial charge in [0.1, 0.15) is 0 Å². The van der Waals surface area contributed by atoms with Crippen LogP contribution in [-0.2, 0) is 0 Å². The quantitative estimate of drug-likeness (QED) is 0.653. The summed E-state index contributed by atoms with van der Waals surface area (Å²) < 4.78 is 0. The van der Waals surface area contributed by atoms with E-state index in [0.29, 0.717) is 12.1 Å². The van der Waals surface area contributed by atoms with Gasteiger partial charge in [-0.3, -0.25) is 4.79 Å². The summed E-state index contributed by atoms with van der Waals surface area (Å²) in [4.78, 5) is 13.9. The number of aliphatic hydroxyl groups is 1. The molecule has 0 saturated heterocycles. The van der Waals surface area contributed by atoms with Gasteiger partial charge < -0.3 is 10.0 Å². The Hall–Kier alpha value is -2.39. The standard InChI is InChI=1S/C18H19NO2/c1-19(13-14-20)17-10-7-15(8-11-17)9-12-18(21)16-5-3-2-4-6-16/h2-12,20H,13-14H2,1H3. The van der Waals surface area contributed by atoms with Gasteiger partial charge in [0.25, 0.3) is 0 Å². The molecule has 0 aliphatic carbocycles. The van der Waals surface area contributed by atoms with Crippen LogP contribution in [0.5, 0.6) is 0 Å². The first-order valence-corrected chi connectivity index (χ1v) is 6.90. The number of nitrogens with zero attached hydrogens (tertiary/aromatic N) is 1. The molecule has 0 aliphatic rings. The Labute approximate surface area is 125 Å². The van der Waals surface area contributed by atoms with E-state index in [0.717, 1.165) is 11.3 Å². The first-order valence-electron chi connectivity index (χ1n) is 6.90. The number of carbonyl (C=O) groups is 1. The van der Waals surface area contributed by atoms with Gasteiger partial charge in [-0.2, -0.15) is 0 Å². The lowest BCUT2D eigenvalue weighted by molar-refractivity contribution is 0.104. The van der Waals surface area contributed by atoms with Crippen LogP contribution < -0.4 is 4.90 Å². The molecule has 0 amide bonds. The number of rotatable bonds is 6. The minimum atomic E-state index is -0.00271. The van der Waals surface area contributed by atoms with E-state index in [2.05, 4.69) is 0 Å². The zero-order chi connectivity index (χ0) is 15.1. The molecule has 0 fully saturated rings. The molecule has 0 bridgehead atoms. The van der Waals surface area contributed by atoms with Gasteiger partial charge in [0.2, 0.25) is 0 Å². The molecular weight excluding hydrogens is 262 g/mol. The summed E-state index contributed by atoms with van der Waals surface area (Å²) in [5, 5.41) is 8.92. The van der Waals surface area contributed by atoms with Crippen molar-refractivity contribution in [1.29, 1.82) is 0 Å². The van der Waals surface area contributed by atoms with E-state index in [1.807, 2.05) is 60.5 Å². The number of likely N-dealkylation sites (N-methyl/N-ethyl adjacent to an activating group) is 1. The molecule has 0 saturated carbocycles. The lowest BCUT2D eigenvalue weighted by atomic mass is 10.1. The van der Waals surface area contributed by atoms with Gasteiger partial charge in [0.15, 0.2) is 5.78 Å². The van der Waals surface area contributed by atoms with Gasteiger partial charge in [-0.25, -0.2) is 0 Å². The molecule has 0 unspecified atom stereocenters. The average molecular weight is 281 g/mol. The van der Waals surface area contributed by atoms with Gasteiger partial charge >= 0.3 is 0 Å². The number of aliphatic hydroxyl groups excluding tert-OH is 1. The Balaban J connectivity index is 2.03. The fourth-order valence-corrected chi connectivity index (χ4v) is 1.99. The Bertz CT molecular complexity index is 603. The van der Waals surface area contributed by atoms with E-state index >= 15 is 0 Å². The lowest BCUT2D eigenvalue weighted by Gasteiger charge is -2.17. The number of allylic oxidation sites excluding steroid dienone is 1. The van der Waals surface area contributed by atoms with Crippen molar-refractivity contribution < 1.29 is 9.90 Å². The average Bonchev–Trinajstić information content (AvgIpc) is 2.54. The Morgan fingerprint density at radius 1 is 1.10 bits per heavy atom. The molecule has 108 valence electrons. The molecule has 2 rings (SSSR count). The SMILES string of the molecule is CN(CCO)c1ccc(C=CC(=O)c2ccccc2)cc1. The second kappa shape index (κ2) is 7.41.